The maximum Gasteiger partial charge on any atom is 0.257 e. The number of carbonyl (C=O) groups excluding carboxylic acids is 2. The number of anilines is 2. The molecule has 132 valence electrons. The molecule has 0 saturated carbocycles. The molecular formula is C17H13ClN4O2S2. The number of para-hydroxylation sites is 1. The number of carbonyl (C=O) groups is 2. The fourth-order valence-electron chi connectivity index (χ4n) is 1.94. The summed E-state index contributed by atoms with van der Waals surface area (Å²) in [5.41, 5.74) is 1.22. The topological polar surface area (TPSA) is 84.0 Å². The molecule has 0 saturated heterocycles. The van der Waals surface area contributed by atoms with E-state index in [-0.39, 0.29) is 17.6 Å². The molecule has 9 heteroatoms. The first kappa shape index (κ1) is 18.4. The third kappa shape index (κ3) is 5.29. The van der Waals surface area contributed by atoms with Gasteiger partial charge in [0.15, 0.2) is 4.34 Å². The lowest BCUT2D eigenvalue weighted by Gasteiger charge is -2.03. The standard InChI is InChI=1S/C17H13ClN4O2S2/c18-12-8-6-11(7-9-12)15(24)20-16-21-22-17(26-16)25-10-14(23)19-13-4-2-1-3-5-13/h1-9H,10H2,(H,19,23)(H,20,21,24). The van der Waals surface area contributed by atoms with Gasteiger partial charge in [-0.05, 0) is 36.4 Å². The molecule has 2 N–H and O–H groups in total. The molecule has 0 spiro atoms. The normalized spacial score (nSPS) is 10.3. The zero-order valence-corrected chi connectivity index (χ0v) is 15.7. The quantitative estimate of drug-likeness (QED) is 0.475. The summed E-state index contributed by atoms with van der Waals surface area (Å²) in [6, 6.07) is 15.8. The minimum absolute atomic E-state index is 0.136. The van der Waals surface area contributed by atoms with Gasteiger partial charge >= 0.3 is 0 Å². The highest BCUT2D eigenvalue weighted by Gasteiger charge is 2.12. The number of nitrogens with zero attached hydrogens (tertiary/aromatic N) is 2. The van der Waals surface area contributed by atoms with Gasteiger partial charge in [-0.15, -0.1) is 10.2 Å². The molecule has 2 aromatic carbocycles. The van der Waals surface area contributed by atoms with Crippen LogP contribution in [0.25, 0.3) is 0 Å². The molecule has 6 nitrogen and oxygen atoms in total. The maximum atomic E-state index is 12.1. The predicted molar refractivity (Wildman–Crippen MR) is 105 cm³/mol. The number of hydrogen-bond donors (Lipinski definition) is 2. The van der Waals surface area contributed by atoms with E-state index in [2.05, 4.69) is 20.8 Å². The molecule has 0 aliphatic heterocycles. The van der Waals surface area contributed by atoms with Crippen molar-refractivity contribution in [3.05, 3.63) is 65.2 Å². The SMILES string of the molecule is O=C(CSc1nnc(NC(=O)c2ccc(Cl)cc2)s1)Nc1ccccc1. The molecule has 26 heavy (non-hydrogen) atoms. The van der Waals surface area contributed by atoms with Gasteiger partial charge in [0.05, 0.1) is 5.75 Å². The summed E-state index contributed by atoms with van der Waals surface area (Å²) in [5, 5.41) is 14.3. The van der Waals surface area contributed by atoms with Gasteiger partial charge in [-0.1, -0.05) is 52.9 Å². The Morgan fingerprint density at radius 3 is 2.46 bits per heavy atom. The third-order valence-electron chi connectivity index (χ3n) is 3.12. The Hall–Kier alpha value is -2.42. The fourth-order valence-corrected chi connectivity index (χ4v) is 3.61. The van der Waals surface area contributed by atoms with E-state index in [1.807, 2.05) is 30.3 Å². The third-order valence-corrected chi connectivity index (χ3v) is 5.34. The summed E-state index contributed by atoms with van der Waals surface area (Å²) in [4.78, 5) is 24.0. The summed E-state index contributed by atoms with van der Waals surface area (Å²) in [5.74, 6) is -0.228. The number of amides is 2. The van der Waals surface area contributed by atoms with Gasteiger partial charge in [0.2, 0.25) is 11.0 Å². The summed E-state index contributed by atoms with van der Waals surface area (Å²) in [6.07, 6.45) is 0. The summed E-state index contributed by atoms with van der Waals surface area (Å²) in [6.45, 7) is 0. The fraction of sp³-hybridized carbons (Fsp3) is 0.0588. The van der Waals surface area contributed by atoms with Gasteiger partial charge in [-0.3, -0.25) is 14.9 Å². The molecule has 0 aliphatic rings. The minimum atomic E-state index is -0.295. The van der Waals surface area contributed by atoms with Crippen LogP contribution in [0.15, 0.2) is 58.9 Å². The number of thioether (sulfide) groups is 1. The number of hydrogen-bond acceptors (Lipinski definition) is 6. The van der Waals surface area contributed by atoms with Crippen LogP contribution in [0, 0.1) is 0 Å². The average molecular weight is 405 g/mol. The van der Waals surface area contributed by atoms with Crippen molar-refractivity contribution in [2.45, 2.75) is 4.34 Å². The Balaban J connectivity index is 1.50. The van der Waals surface area contributed by atoms with E-state index in [0.29, 0.717) is 20.1 Å². The van der Waals surface area contributed by atoms with Crippen molar-refractivity contribution in [2.75, 3.05) is 16.4 Å². The lowest BCUT2D eigenvalue weighted by Crippen LogP contribution is -2.13. The van der Waals surface area contributed by atoms with Crippen molar-refractivity contribution >= 4 is 57.3 Å². The summed E-state index contributed by atoms with van der Waals surface area (Å²) >= 11 is 8.27. The Morgan fingerprint density at radius 2 is 1.73 bits per heavy atom. The first-order chi connectivity index (χ1) is 12.6. The number of aromatic nitrogens is 2. The van der Waals surface area contributed by atoms with Crippen molar-refractivity contribution in [3.63, 3.8) is 0 Å². The van der Waals surface area contributed by atoms with Crippen LogP contribution in [-0.4, -0.2) is 27.8 Å². The molecule has 2 amide bonds. The van der Waals surface area contributed by atoms with Crippen molar-refractivity contribution in [1.82, 2.24) is 10.2 Å². The van der Waals surface area contributed by atoms with E-state index >= 15 is 0 Å². The van der Waals surface area contributed by atoms with Gasteiger partial charge < -0.3 is 5.32 Å². The van der Waals surface area contributed by atoms with E-state index in [4.69, 9.17) is 11.6 Å². The van der Waals surface area contributed by atoms with Gasteiger partial charge in [0.25, 0.3) is 5.91 Å². The molecule has 0 fully saturated rings. The summed E-state index contributed by atoms with van der Waals surface area (Å²) < 4.78 is 0.597. The minimum Gasteiger partial charge on any atom is -0.325 e. The lowest BCUT2D eigenvalue weighted by atomic mass is 10.2. The van der Waals surface area contributed by atoms with Crippen molar-refractivity contribution in [2.24, 2.45) is 0 Å². The number of rotatable bonds is 6. The Morgan fingerprint density at radius 1 is 1.00 bits per heavy atom. The van der Waals surface area contributed by atoms with Gasteiger partial charge in [-0.2, -0.15) is 0 Å². The number of benzene rings is 2. The second-order valence-corrected chi connectivity index (χ2v) is 7.67. The molecule has 0 bridgehead atoms. The van der Waals surface area contributed by atoms with E-state index in [0.717, 1.165) is 5.69 Å². The van der Waals surface area contributed by atoms with Crippen LogP contribution >= 0.6 is 34.7 Å². The van der Waals surface area contributed by atoms with Crippen LogP contribution in [0.2, 0.25) is 5.02 Å². The highest BCUT2D eigenvalue weighted by molar-refractivity contribution is 8.01. The van der Waals surface area contributed by atoms with Crippen LogP contribution in [0.5, 0.6) is 0 Å². The van der Waals surface area contributed by atoms with Crippen LogP contribution in [-0.2, 0) is 4.79 Å². The Kier molecular flexibility index (Phi) is 6.21. The van der Waals surface area contributed by atoms with Gasteiger partial charge in [-0.25, -0.2) is 0 Å². The lowest BCUT2D eigenvalue weighted by molar-refractivity contribution is -0.113. The zero-order valence-electron chi connectivity index (χ0n) is 13.3. The Bertz CT molecular complexity index is 901. The predicted octanol–water partition coefficient (Wildman–Crippen LogP) is 4.17. The molecule has 3 aromatic rings. The van der Waals surface area contributed by atoms with E-state index in [9.17, 15) is 9.59 Å². The largest absolute Gasteiger partial charge is 0.325 e. The second-order valence-electron chi connectivity index (χ2n) is 5.04. The Labute approximate surface area is 163 Å². The zero-order chi connectivity index (χ0) is 18.4. The van der Waals surface area contributed by atoms with Crippen molar-refractivity contribution in [3.8, 4) is 0 Å². The van der Waals surface area contributed by atoms with Gasteiger partial charge in [0, 0.05) is 16.3 Å². The monoisotopic (exact) mass is 404 g/mol. The molecule has 0 aliphatic carbocycles. The van der Waals surface area contributed by atoms with E-state index in [1.165, 1.54) is 23.1 Å². The first-order valence-electron chi connectivity index (χ1n) is 7.48. The second kappa shape index (κ2) is 8.79. The highest BCUT2D eigenvalue weighted by atomic mass is 35.5. The molecular weight excluding hydrogens is 392 g/mol. The molecule has 0 radical (unpaired) electrons. The smallest absolute Gasteiger partial charge is 0.257 e. The first-order valence-corrected chi connectivity index (χ1v) is 9.66. The van der Waals surface area contributed by atoms with Crippen molar-refractivity contribution in [1.29, 1.82) is 0 Å². The molecule has 0 unspecified atom stereocenters. The molecule has 1 aromatic heterocycles. The maximum absolute atomic E-state index is 12.1. The van der Waals surface area contributed by atoms with Crippen molar-refractivity contribution < 1.29 is 9.59 Å². The summed E-state index contributed by atoms with van der Waals surface area (Å²) in [7, 11) is 0. The van der Waals surface area contributed by atoms with Crippen LogP contribution < -0.4 is 10.6 Å². The number of halogens is 1. The number of nitrogens with one attached hydrogen (secondary N) is 2. The van der Waals surface area contributed by atoms with Gasteiger partial charge in [0.1, 0.15) is 0 Å². The highest BCUT2D eigenvalue weighted by Crippen LogP contribution is 2.26. The van der Waals surface area contributed by atoms with Crippen LogP contribution in [0.4, 0.5) is 10.8 Å². The van der Waals surface area contributed by atoms with Crippen LogP contribution in [0.1, 0.15) is 10.4 Å². The average Bonchev–Trinajstić information content (AvgIpc) is 3.09. The van der Waals surface area contributed by atoms with Crippen LogP contribution in [0.3, 0.4) is 0 Å². The van der Waals surface area contributed by atoms with E-state index in [1.54, 1.807) is 24.3 Å². The van der Waals surface area contributed by atoms with E-state index < -0.39 is 0 Å². The molecule has 3 rings (SSSR count). The molecule has 1 heterocycles. The molecule has 0 atom stereocenters.